The van der Waals surface area contributed by atoms with Crippen molar-refractivity contribution >= 4 is 6.08 Å². The molecule has 1 aliphatic rings. The van der Waals surface area contributed by atoms with Gasteiger partial charge in [0.05, 0.1) is 0 Å². The van der Waals surface area contributed by atoms with Crippen LogP contribution < -0.4 is 0 Å². The van der Waals surface area contributed by atoms with Crippen LogP contribution in [0.3, 0.4) is 0 Å². The van der Waals surface area contributed by atoms with Crippen molar-refractivity contribution in [3.05, 3.63) is 76.4 Å². The summed E-state index contributed by atoms with van der Waals surface area (Å²) in [5.41, 5.74) is 1.40. The Morgan fingerprint density at radius 1 is 0.789 bits per heavy atom. The first-order valence-electron chi connectivity index (χ1n) is 5.69. The van der Waals surface area contributed by atoms with Crippen LogP contribution >= 0.6 is 0 Å². The van der Waals surface area contributed by atoms with E-state index in [1.807, 2.05) is 12.1 Å². The number of hydrogen-bond donors (Lipinski definition) is 0. The van der Waals surface area contributed by atoms with Gasteiger partial charge in [-0.2, -0.15) is 0 Å². The Labute approximate surface area is 107 Å². The standard InChI is InChI=1S/C15H8F4/c16-12-7-11(13(17)15(19)14(12)18)10-6-5-8-3-1-2-4-9(8)10/h1-7,10H. The highest BCUT2D eigenvalue weighted by Crippen LogP contribution is 2.37. The molecule has 3 rings (SSSR count). The van der Waals surface area contributed by atoms with E-state index in [9.17, 15) is 17.6 Å². The quantitative estimate of drug-likeness (QED) is 0.407. The highest BCUT2D eigenvalue weighted by molar-refractivity contribution is 5.65. The van der Waals surface area contributed by atoms with E-state index in [2.05, 4.69) is 0 Å². The molecule has 0 amide bonds. The van der Waals surface area contributed by atoms with Gasteiger partial charge in [0, 0.05) is 11.5 Å². The number of rotatable bonds is 1. The minimum Gasteiger partial charge on any atom is -0.204 e. The normalized spacial score (nSPS) is 16.7. The Hall–Kier alpha value is -2.10. The maximum absolute atomic E-state index is 13.8. The molecule has 0 N–H and O–H groups in total. The summed E-state index contributed by atoms with van der Waals surface area (Å²) in [6.45, 7) is 0. The molecule has 1 atom stereocenters. The third kappa shape index (κ3) is 1.75. The van der Waals surface area contributed by atoms with E-state index in [0.29, 0.717) is 6.07 Å². The third-order valence-corrected chi connectivity index (χ3v) is 3.27. The molecule has 0 spiro atoms. The summed E-state index contributed by atoms with van der Waals surface area (Å²) in [6, 6.07) is 7.85. The molecule has 0 saturated carbocycles. The fourth-order valence-corrected chi connectivity index (χ4v) is 2.34. The van der Waals surface area contributed by atoms with Crippen molar-refractivity contribution in [2.45, 2.75) is 5.92 Å². The molecular formula is C15H8F4. The van der Waals surface area contributed by atoms with E-state index in [-0.39, 0.29) is 5.56 Å². The van der Waals surface area contributed by atoms with Crippen LogP contribution in [0.4, 0.5) is 17.6 Å². The van der Waals surface area contributed by atoms with Gasteiger partial charge in [0.15, 0.2) is 23.3 Å². The van der Waals surface area contributed by atoms with Crippen LogP contribution in [-0.4, -0.2) is 0 Å². The Morgan fingerprint density at radius 2 is 1.53 bits per heavy atom. The van der Waals surface area contributed by atoms with Crippen LogP contribution in [0.15, 0.2) is 36.4 Å². The molecule has 1 unspecified atom stereocenters. The number of fused-ring (bicyclic) bond motifs is 1. The zero-order chi connectivity index (χ0) is 13.6. The van der Waals surface area contributed by atoms with Crippen LogP contribution in [0.25, 0.3) is 6.08 Å². The van der Waals surface area contributed by atoms with Gasteiger partial charge in [0.25, 0.3) is 0 Å². The smallest absolute Gasteiger partial charge is 0.197 e. The first-order chi connectivity index (χ1) is 9.09. The first kappa shape index (κ1) is 12.0. The third-order valence-electron chi connectivity index (χ3n) is 3.27. The van der Waals surface area contributed by atoms with Crippen LogP contribution in [-0.2, 0) is 0 Å². The topological polar surface area (TPSA) is 0 Å². The molecule has 0 aliphatic heterocycles. The Balaban J connectivity index is 2.18. The van der Waals surface area contributed by atoms with Crippen molar-refractivity contribution < 1.29 is 17.6 Å². The van der Waals surface area contributed by atoms with Gasteiger partial charge in [-0.3, -0.25) is 0 Å². The second-order valence-electron chi connectivity index (χ2n) is 4.36. The van der Waals surface area contributed by atoms with Gasteiger partial charge in [-0.1, -0.05) is 36.4 Å². The minimum atomic E-state index is -1.78. The number of hydrogen-bond acceptors (Lipinski definition) is 0. The van der Waals surface area contributed by atoms with Gasteiger partial charge in [-0.05, 0) is 17.2 Å². The molecule has 4 heteroatoms. The maximum atomic E-state index is 13.8. The molecule has 19 heavy (non-hydrogen) atoms. The van der Waals surface area contributed by atoms with Gasteiger partial charge in [0.2, 0.25) is 0 Å². The van der Waals surface area contributed by atoms with Gasteiger partial charge in [-0.15, -0.1) is 0 Å². The first-order valence-corrected chi connectivity index (χ1v) is 5.69. The van der Waals surface area contributed by atoms with Crippen LogP contribution in [0.2, 0.25) is 0 Å². The Morgan fingerprint density at radius 3 is 2.32 bits per heavy atom. The maximum Gasteiger partial charge on any atom is 0.197 e. The zero-order valence-corrected chi connectivity index (χ0v) is 9.63. The molecule has 0 saturated heterocycles. The van der Waals surface area contributed by atoms with Crippen molar-refractivity contribution in [1.29, 1.82) is 0 Å². The monoisotopic (exact) mass is 264 g/mol. The van der Waals surface area contributed by atoms with Crippen molar-refractivity contribution in [3.8, 4) is 0 Å². The lowest BCUT2D eigenvalue weighted by molar-refractivity contribution is 0.403. The van der Waals surface area contributed by atoms with Crippen LogP contribution in [0.1, 0.15) is 22.6 Å². The summed E-state index contributed by atoms with van der Waals surface area (Å²) >= 11 is 0. The van der Waals surface area contributed by atoms with Crippen molar-refractivity contribution in [2.24, 2.45) is 0 Å². The summed E-state index contributed by atoms with van der Waals surface area (Å²) in [5.74, 6) is -6.87. The molecule has 96 valence electrons. The molecule has 0 fully saturated rings. The fraction of sp³-hybridized carbons (Fsp3) is 0.0667. The predicted octanol–water partition coefficient (Wildman–Crippen LogP) is 4.40. The van der Waals surface area contributed by atoms with E-state index in [4.69, 9.17) is 0 Å². The molecule has 0 heterocycles. The van der Waals surface area contributed by atoms with Gasteiger partial charge in [-0.25, -0.2) is 17.6 Å². The molecule has 2 aromatic rings. The molecule has 2 aromatic carbocycles. The highest BCUT2D eigenvalue weighted by atomic mass is 19.2. The van der Waals surface area contributed by atoms with E-state index >= 15 is 0 Å². The van der Waals surface area contributed by atoms with Crippen molar-refractivity contribution in [3.63, 3.8) is 0 Å². The molecule has 1 aliphatic carbocycles. The number of halogens is 4. The molecule has 0 radical (unpaired) electrons. The van der Waals surface area contributed by atoms with Gasteiger partial charge < -0.3 is 0 Å². The van der Waals surface area contributed by atoms with Crippen LogP contribution in [0, 0.1) is 23.3 Å². The predicted molar refractivity (Wildman–Crippen MR) is 63.6 cm³/mol. The lowest BCUT2D eigenvalue weighted by Gasteiger charge is -2.13. The average Bonchev–Trinajstić information content (AvgIpc) is 2.84. The van der Waals surface area contributed by atoms with E-state index in [0.717, 1.165) is 11.1 Å². The van der Waals surface area contributed by atoms with Crippen LogP contribution in [0.5, 0.6) is 0 Å². The molecular weight excluding hydrogens is 256 g/mol. The summed E-state index contributed by atoms with van der Waals surface area (Å²) in [7, 11) is 0. The Kier molecular flexibility index (Phi) is 2.66. The molecule has 0 nitrogen and oxygen atoms in total. The number of benzene rings is 2. The SMILES string of the molecule is Fc1cc(C2C=Cc3ccccc32)c(F)c(F)c1F. The molecule has 0 aromatic heterocycles. The van der Waals surface area contributed by atoms with Gasteiger partial charge >= 0.3 is 0 Å². The fourth-order valence-electron chi connectivity index (χ4n) is 2.34. The second kappa shape index (κ2) is 4.23. The Bertz CT molecular complexity index is 689. The van der Waals surface area contributed by atoms with E-state index in [1.165, 1.54) is 0 Å². The summed E-state index contributed by atoms with van der Waals surface area (Å²) in [4.78, 5) is 0. The van der Waals surface area contributed by atoms with Crippen molar-refractivity contribution in [2.75, 3.05) is 0 Å². The largest absolute Gasteiger partial charge is 0.204 e. The summed E-state index contributed by atoms with van der Waals surface area (Å²) < 4.78 is 53.2. The summed E-state index contributed by atoms with van der Waals surface area (Å²) in [6.07, 6.45) is 3.39. The lowest BCUT2D eigenvalue weighted by atomic mass is 9.92. The van der Waals surface area contributed by atoms with Gasteiger partial charge in [0.1, 0.15) is 0 Å². The zero-order valence-electron chi connectivity index (χ0n) is 9.63. The van der Waals surface area contributed by atoms with E-state index in [1.54, 1.807) is 24.3 Å². The van der Waals surface area contributed by atoms with Crippen molar-refractivity contribution in [1.82, 2.24) is 0 Å². The molecule has 0 bridgehead atoms. The lowest BCUT2D eigenvalue weighted by Crippen LogP contribution is -2.05. The average molecular weight is 264 g/mol. The summed E-state index contributed by atoms with van der Waals surface area (Å²) in [5, 5.41) is 0. The second-order valence-corrected chi connectivity index (χ2v) is 4.36. The minimum absolute atomic E-state index is 0.197. The highest BCUT2D eigenvalue weighted by Gasteiger charge is 2.26. The van der Waals surface area contributed by atoms with E-state index < -0.39 is 29.2 Å². The number of allylic oxidation sites excluding steroid dienone is 1.